The van der Waals surface area contributed by atoms with Gasteiger partial charge < -0.3 is 15.2 Å². The molecule has 22 heavy (non-hydrogen) atoms. The summed E-state index contributed by atoms with van der Waals surface area (Å²) >= 11 is 2.06. The molecule has 2 atom stereocenters. The second-order valence-electron chi connectivity index (χ2n) is 5.16. The highest BCUT2D eigenvalue weighted by Gasteiger charge is 2.25. The topological polar surface area (TPSA) is 75.3 Å². The van der Waals surface area contributed by atoms with Crippen molar-refractivity contribution in [1.29, 1.82) is 0 Å². The zero-order valence-corrected chi connectivity index (χ0v) is 16.6. The Balaban J connectivity index is 0.00000242. The smallest absolute Gasteiger partial charge is 0.223 e. The highest BCUT2D eigenvalue weighted by atomic mass is 127. The van der Waals surface area contributed by atoms with Crippen LogP contribution in [-0.4, -0.2) is 39.7 Å². The molecule has 0 aliphatic heterocycles. The number of rotatable bonds is 6. The fourth-order valence-electron chi connectivity index (χ4n) is 2.53. The van der Waals surface area contributed by atoms with Crippen molar-refractivity contribution in [3.8, 4) is 0 Å². The van der Waals surface area contributed by atoms with Crippen LogP contribution >= 0.6 is 35.7 Å². The van der Waals surface area contributed by atoms with Crippen LogP contribution in [0.2, 0.25) is 0 Å². The molecule has 1 aliphatic rings. The number of nitrogens with one attached hydrogen (secondary N) is 2. The Morgan fingerprint density at radius 1 is 1.41 bits per heavy atom. The summed E-state index contributed by atoms with van der Waals surface area (Å²) in [6.45, 7) is 7.36. The number of thioether (sulfide) groups is 1. The fourth-order valence-corrected chi connectivity index (χ4v) is 3.67. The Hall–Kier alpha value is -0.510. The minimum absolute atomic E-state index is 0. The maximum Gasteiger partial charge on any atom is 0.223 e. The molecule has 1 aromatic heterocycles. The van der Waals surface area contributed by atoms with Crippen molar-refractivity contribution in [3.05, 3.63) is 11.7 Å². The summed E-state index contributed by atoms with van der Waals surface area (Å²) < 4.78 is 4.96. The number of aromatic nitrogens is 2. The Labute approximate surface area is 153 Å². The van der Waals surface area contributed by atoms with Crippen LogP contribution in [0.15, 0.2) is 9.52 Å². The quantitative estimate of drug-likeness (QED) is 0.404. The first-order valence-corrected chi connectivity index (χ1v) is 8.71. The van der Waals surface area contributed by atoms with Crippen LogP contribution in [0.3, 0.4) is 0 Å². The Bertz CT molecular complexity index is 468. The average Bonchev–Trinajstić information content (AvgIpc) is 3.06. The van der Waals surface area contributed by atoms with Crippen LogP contribution in [0.4, 0.5) is 0 Å². The van der Waals surface area contributed by atoms with Gasteiger partial charge in [0.25, 0.3) is 0 Å². The van der Waals surface area contributed by atoms with Gasteiger partial charge in [-0.05, 0) is 31.9 Å². The second-order valence-corrected chi connectivity index (χ2v) is 6.73. The zero-order valence-electron chi connectivity index (χ0n) is 13.5. The van der Waals surface area contributed by atoms with Gasteiger partial charge in [-0.1, -0.05) is 12.1 Å². The van der Waals surface area contributed by atoms with Crippen LogP contribution in [0.25, 0.3) is 0 Å². The molecule has 8 heteroatoms. The van der Waals surface area contributed by atoms with Crippen molar-refractivity contribution in [1.82, 2.24) is 20.8 Å². The van der Waals surface area contributed by atoms with Crippen LogP contribution in [0, 0.1) is 6.92 Å². The zero-order chi connectivity index (χ0) is 15.1. The lowest BCUT2D eigenvalue weighted by Crippen LogP contribution is -2.42. The molecular weight excluding hydrogens is 413 g/mol. The van der Waals surface area contributed by atoms with Crippen molar-refractivity contribution < 1.29 is 4.52 Å². The number of aryl methyl sites for hydroxylation is 1. The average molecular weight is 439 g/mol. The number of aliphatic imine (C=N–C) groups is 1. The Morgan fingerprint density at radius 2 is 2.23 bits per heavy atom. The van der Waals surface area contributed by atoms with E-state index in [1.165, 1.54) is 25.0 Å². The number of nitrogens with zero attached hydrogens (tertiary/aromatic N) is 3. The molecule has 0 aromatic carbocycles. The Kier molecular flexibility index (Phi) is 9.15. The van der Waals surface area contributed by atoms with Gasteiger partial charge in [-0.2, -0.15) is 16.7 Å². The molecule has 0 saturated heterocycles. The maximum absolute atomic E-state index is 4.96. The van der Waals surface area contributed by atoms with E-state index >= 15 is 0 Å². The molecule has 1 fully saturated rings. The van der Waals surface area contributed by atoms with Gasteiger partial charge >= 0.3 is 0 Å². The first-order chi connectivity index (χ1) is 10.2. The summed E-state index contributed by atoms with van der Waals surface area (Å²) in [5.41, 5.74) is 0. The molecule has 6 nitrogen and oxygen atoms in total. The van der Waals surface area contributed by atoms with E-state index in [0.717, 1.165) is 17.8 Å². The minimum atomic E-state index is 0. The molecule has 126 valence electrons. The van der Waals surface area contributed by atoms with E-state index in [4.69, 9.17) is 4.52 Å². The lowest BCUT2D eigenvalue weighted by Gasteiger charge is -2.17. The molecule has 0 radical (unpaired) electrons. The van der Waals surface area contributed by atoms with Crippen molar-refractivity contribution in [2.24, 2.45) is 4.99 Å². The van der Waals surface area contributed by atoms with E-state index in [1.54, 1.807) is 6.92 Å². The van der Waals surface area contributed by atoms with Crippen molar-refractivity contribution in [2.75, 3.05) is 12.3 Å². The molecule has 2 N–H and O–H groups in total. The van der Waals surface area contributed by atoms with Gasteiger partial charge in [0.15, 0.2) is 11.8 Å². The lowest BCUT2D eigenvalue weighted by atomic mass is 10.2. The van der Waals surface area contributed by atoms with E-state index in [1.807, 2.05) is 0 Å². The highest BCUT2D eigenvalue weighted by Crippen LogP contribution is 2.29. The fraction of sp³-hybridized carbons (Fsp3) is 0.786. The molecule has 0 amide bonds. The van der Waals surface area contributed by atoms with Gasteiger partial charge in [0, 0.05) is 24.8 Å². The first kappa shape index (κ1) is 19.5. The van der Waals surface area contributed by atoms with E-state index in [9.17, 15) is 0 Å². The van der Waals surface area contributed by atoms with Crippen molar-refractivity contribution >= 4 is 41.7 Å². The number of hydrogen-bond acceptors (Lipinski definition) is 5. The predicted molar refractivity (Wildman–Crippen MR) is 102 cm³/mol. The second kappa shape index (κ2) is 10.3. The summed E-state index contributed by atoms with van der Waals surface area (Å²) in [5.74, 6) is 3.24. The summed E-state index contributed by atoms with van der Waals surface area (Å²) in [6.07, 6.45) is 3.72. The lowest BCUT2D eigenvalue weighted by molar-refractivity contribution is 0.387. The number of guanidine groups is 1. The van der Waals surface area contributed by atoms with Crippen LogP contribution < -0.4 is 10.6 Å². The summed E-state index contributed by atoms with van der Waals surface area (Å²) in [6, 6.07) is 0.513. The van der Waals surface area contributed by atoms with Crippen molar-refractivity contribution in [3.63, 3.8) is 0 Å². The third-order valence-corrected chi connectivity index (χ3v) is 4.65. The van der Waals surface area contributed by atoms with Crippen LogP contribution in [-0.2, 0) is 6.54 Å². The third-order valence-electron chi connectivity index (χ3n) is 3.42. The summed E-state index contributed by atoms with van der Waals surface area (Å²) in [4.78, 5) is 8.70. The minimum Gasteiger partial charge on any atom is -0.357 e. The molecule has 1 saturated carbocycles. The maximum atomic E-state index is 4.96. The molecule has 0 spiro atoms. The van der Waals surface area contributed by atoms with Crippen LogP contribution in [0.5, 0.6) is 0 Å². The monoisotopic (exact) mass is 439 g/mol. The largest absolute Gasteiger partial charge is 0.357 e. The first-order valence-electron chi connectivity index (χ1n) is 7.66. The van der Waals surface area contributed by atoms with E-state index in [0.29, 0.717) is 24.3 Å². The number of halogens is 1. The van der Waals surface area contributed by atoms with E-state index < -0.39 is 0 Å². The molecule has 0 bridgehead atoms. The normalized spacial score (nSPS) is 21.5. The Morgan fingerprint density at radius 3 is 2.86 bits per heavy atom. The summed E-state index contributed by atoms with van der Waals surface area (Å²) in [5, 5.41) is 11.5. The molecule has 2 unspecified atom stereocenters. The molecule has 1 heterocycles. The van der Waals surface area contributed by atoms with E-state index in [2.05, 4.69) is 51.4 Å². The van der Waals surface area contributed by atoms with Gasteiger partial charge in [0.2, 0.25) is 5.89 Å². The van der Waals surface area contributed by atoms with Gasteiger partial charge in [0.05, 0.1) is 0 Å². The molecule has 1 aliphatic carbocycles. The molecular formula is C14H26IN5OS. The highest BCUT2D eigenvalue weighted by molar-refractivity contribution is 14.0. The number of hydrogen-bond donors (Lipinski definition) is 2. The van der Waals surface area contributed by atoms with Gasteiger partial charge in [0.1, 0.15) is 6.54 Å². The molecule has 2 rings (SSSR count). The van der Waals surface area contributed by atoms with Gasteiger partial charge in [-0.25, -0.2) is 4.99 Å². The van der Waals surface area contributed by atoms with Gasteiger partial charge in [-0.3, -0.25) is 0 Å². The summed E-state index contributed by atoms with van der Waals surface area (Å²) in [7, 11) is 0. The predicted octanol–water partition coefficient (Wildman–Crippen LogP) is 2.73. The van der Waals surface area contributed by atoms with Crippen molar-refractivity contribution in [2.45, 2.75) is 57.9 Å². The van der Waals surface area contributed by atoms with Crippen LogP contribution in [0.1, 0.15) is 44.8 Å². The molecule has 1 aromatic rings. The third kappa shape index (κ3) is 6.31. The SMILES string of the molecule is CCNC(=NCc1noc(C)n1)NC1CCC(SCC)C1.I. The van der Waals surface area contributed by atoms with Gasteiger partial charge in [-0.15, -0.1) is 24.0 Å². The van der Waals surface area contributed by atoms with E-state index in [-0.39, 0.29) is 24.0 Å². The standard InChI is InChI=1S/C14H25N5OS.HI/c1-4-15-14(16-9-13-17-10(3)20-19-13)18-11-6-7-12(8-11)21-5-2;/h11-12H,4-9H2,1-3H3,(H2,15,16,18);1H.